The summed E-state index contributed by atoms with van der Waals surface area (Å²) in [6.07, 6.45) is 0. The van der Waals surface area contributed by atoms with Gasteiger partial charge in [-0.05, 0) is 48.2 Å². The van der Waals surface area contributed by atoms with Crippen molar-refractivity contribution >= 4 is 0 Å². The molecule has 0 fully saturated rings. The summed E-state index contributed by atoms with van der Waals surface area (Å²) in [5, 5.41) is 0. The molecule has 0 saturated heterocycles. The van der Waals surface area contributed by atoms with E-state index < -0.39 is 11.6 Å². The molecule has 0 nitrogen and oxygen atoms in total. The third-order valence-electron chi connectivity index (χ3n) is 2.70. The summed E-state index contributed by atoms with van der Waals surface area (Å²) in [5.41, 5.74) is 3.69. The minimum absolute atomic E-state index is 0.548. The summed E-state index contributed by atoms with van der Waals surface area (Å²) in [6, 6.07) is 9.32. The zero-order valence-electron chi connectivity index (χ0n) is 11.2. The van der Waals surface area contributed by atoms with Gasteiger partial charge in [0.25, 0.3) is 0 Å². The Morgan fingerprint density at radius 1 is 0.667 bits per heavy atom. The van der Waals surface area contributed by atoms with Gasteiger partial charge in [-0.1, -0.05) is 32.0 Å². The highest BCUT2D eigenvalue weighted by Crippen LogP contribution is 2.23. The number of hydrogen-bond acceptors (Lipinski definition) is 0. The van der Waals surface area contributed by atoms with Crippen LogP contribution in [-0.4, -0.2) is 0 Å². The van der Waals surface area contributed by atoms with Crippen molar-refractivity contribution in [1.29, 1.82) is 0 Å². The fraction of sp³-hybridized carbons (Fsp3) is 0.250. The van der Waals surface area contributed by atoms with Crippen LogP contribution in [0.25, 0.3) is 11.1 Å². The van der Waals surface area contributed by atoms with Gasteiger partial charge in [-0.2, -0.15) is 0 Å². The normalized spacial score (nSPS) is 9.67. The molecule has 0 saturated carbocycles. The molecule has 0 amide bonds. The van der Waals surface area contributed by atoms with Crippen LogP contribution in [-0.2, 0) is 0 Å². The molecule has 0 aliphatic carbocycles. The smallest absolute Gasteiger partial charge is 0.126 e. The van der Waals surface area contributed by atoms with Gasteiger partial charge in [-0.3, -0.25) is 0 Å². The third kappa shape index (κ3) is 3.39. The van der Waals surface area contributed by atoms with Crippen LogP contribution in [0.2, 0.25) is 0 Å². The Balaban J connectivity index is 0.000000771. The highest BCUT2D eigenvalue weighted by Gasteiger charge is 2.04. The van der Waals surface area contributed by atoms with E-state index in [2.05, 4.69) is 0 Å². The van der Waals surface area contributed by atoms with Crippen molar-refractivity contribution in [3.8, 4) is 11.1 Å². The van der Waals surface area contributed by atoms with Crippen LogP contribution in [0, 0.1) is 25.5 Å². The van der Waals surface area contributed by atoms with Crippen molar-refractivity contribution in [3.63, 3.8) is 0 Å². The van der Waals surface area contributed by atoms with E-state index in [4.69, 9.17) is 0 Å². The lowest BCUT2D eigenvalue weighted by molar-refractivity contribution is 0.584. The van der Waals surface area contributed by atoms with E-state index in [0.717, 1.165) is 17.2 Å². The van der Waals surface area contributed by atoms with Crippen LogP contribution in [0.1, 0.15) is 25.0 Å². The molecule has 2 heteroatoms. The first-order valence-electron chi connectivity index (χ1n) is 6.10. The summed E-state index contributed by atoms with van der Waals surface area (Å²) in [6.45, 7) is 7.99. The predicted molar refractivity (Wildman–Crippen MR) is 72.6 cm³/mol. The van der Waals surface area contributed by atoms with E-state index in [1.165, 1.54) is 17.7 Å². The first-order valence-corrected chi connectivity index (χ1v) is 6.10. The van der Waals surface area contributed by atoms with Crippen LogP contribution in [0.4, 0.5) is 8.78 Å². The fourth-order valence-corrected chi connectivity index (χ4v) is 1.64. The van der Waals surface area contributed by atoms with E-state index in [9.17, 15) is 8.78 Å². The molecule has 0 radical (unpaired) electrons. The van der Waals surface area contributed by atoms with E-state index in [-0.39, 0.29) is 0 Å². The van der Waals surface area contributed by atoms with Gasteiger partial charge >= 0.3 is 0 Å². The Hall–Kier alpha value is -1.70. The number of hydrogen-bond donors (Lipinski definition) is 0. The molecule has 0 N–H and O–H groups in total. The molecule has 0 bridgehead atoms. The Morgan fingerprint density at radius 2 is 1.22 bits per heavy atom. The van der Waals surface area contributed by atoms with Gasteiger partial charge in [0, 0.05) is 6.07 Å². The molecule has 0 atom stereocenters. The van der Waals surface area contributed by atoms with E-state index in [1.54, 1.807) is 0 Å². The van der Waals surface area contributed by atoms with E-state index in [1.807, 2.05) is 45.9 Å². The molecule has 2 aromatic rings. The topological polar surface area (TPSA) is 0 Å². The van der Waals surface area contributed by atoms with Crippen molar-refractivity contribution < 1.29 is 8.78 Å². The maximum atomic E-state index is 13.1. The quantitative estimate of drug-likeness (QED) is 0.644. The van der Waals surface area contributed by atoms with Crippen LogP contribution in [0.5, 0.6) is 0 Å². The lowest BCUT2D eigenvalue weighted by Crippen LogP contribution is -1.86. The zero-order chi connectivity index (χ0) is 13.7. The Kier molecular flexibility index (Phi) is 5.02. The van der Waals surface area contributed by atoms with Gasteiger partial charge in [-0.15, -0.1) is 0 Å². The second-order valence-corrected chi connectivity index (χ2v) is 3.96. The maximum Gasteiger partial charge on any atom is 0.126 e. The average molecular weight is 248 g/mol. The molecule has 0 spiro atoms. The van der Waals surface area contributed by atoms with Gasteiger partial charge in [0.15, 0.2) is 0 Å². The Morgan fingerprint density at radius 3 is 1.72 bits per heavy atom. The lowest BCUT2D eigenvalue weighted by atomic mass is 10.0. The number of benzene rings is 2. The molecule has 2 rings (SSSR count). The lowest BCUT2D eigenvalue weighted by Gasteiger charge is -2.06. The molecule has 0 unspecified atom stereocenters. The van der Waals surface area contributed by atoms with Crippen LogP contribution in [0.15, 0.2) is 36.4 Å². The Bertz CT molecular complexity index is 510. The zero-order valence-corrected chi connectivity index (χ0v) is 11.2. The van der Waals surface area contributed by atoms with Gasteiger partial charge in [0.05, 0.1) is 0 Å². The van der Waals surface area contributed by atoms with Crippen molar-refractivity contribution in [1.82, 2.24) is 0 Å². The third-order valence-corrected chi connectivity index (χ3v) is 2.70. The van der Waals surface area contributed by atoms with Crippen molar-refractivity contribution in [2.75, 3.05) is 0 Å². The molecule has 0 aliphatic heterocycles. The second-order valence-electron chi connectivity index (χ2n) is 3.96. The van der Waals surface area contributed by atoms with Crippen LogP contribution in [0.3, 0.4) is 0 Å². The van der Waals surface area contributed by atoms with Gasteiger partial charge in [-0.25, -0.2) is 8.78 Å². The number of halogens is 2. The standard InChI is InChI=1S/C14H12F2.C2H6/c1-9-3-4-11(5-10(9)2)12-6-13(15)8-14(16)7-12;1-2/h3-8H,1-2H3;1-2H3. The monoisotopic (exact) mass is 248 g/mol. The highest BCUT2D eigenvalue weighted by molar-refractivity contribution is 5.64. The van der Waals surface area contributed by atoms with Crippen molar-refractivity contribution in [3.05, 3.63) is 59.2 Å². The second kappa shape index (κ2) is 6.29. The summed E-state index contributed by atoms with van der Waals surface area (Å²) in [7, 11) is 0. The summed E-state index contributed by atoms with van der Waals surface area (Å²) >= 11 is 0. The molecule has 18 heavy (non-hydrogen) atoms. The molecular weight excluding hydrogens is 230 g/mol. The molecule has 0 aromatic heterocycles. The van der Waals surface area contributed by atoms with Crippen molar-refractivity contribution in [2.45, 2.75) is 27.7 Å². The molecule has 2 aromatic carbocycles. The minimum Gasteiger partial charge on any atom is -0.207 e. The fourth-order valence-electron chi connectivity index (χ4n) is 1.64. The maximum absolute atomic E-state index is 13.1. The van der Waals surface area contributed by atoms with Gasteiger partial charge in [0.2, 0.25) is 0 Å². The van der Waals surface area contributed by atoms with Gasteiger partial charge < -0.3 is 0 Å². The number of aryl methyl sites for hydroxylation is 2. The molecular formula is C16H18F2. The van der Waals surface area contributed by atoms with E-state index >= 15 is 0 Å². The summed E-state index contributed by atoms with van der Waals surface area (Å²) < 4.78 is 26.1. The minimum atomic E-state index is -0.548. The molecule has 96 valence electrons. The Labute approximate surface area is 107 Å². The summed E-state index contributed by atoms with van der Waals surface area (Å²) in [5.74, 6) is -1.10. The first kappa shape index (κ1) is 14.4. The molecule has 0 aliphatic rings. The average Bonchev–Trinajstić information content (AvgIpc) is 2.34. The van der Waals surface area contributed by atoms with Crippen LogP contribution >= 0.6 is 0 Å². The number of rotatable bonds is 1. The predicted octanol–water partition coefficient (Wildman–Crippen LogP) is 5.27. The van der Waals surface area contributed by atoms with E-state index in [0.29, 0.717) is 5.56 Å². The molecule has 0 heterocycles. The first-order chi connectivity index (χ1) is 8.56. The van der Waals surface area contributed by atoms with Gasteiger partial charge in [0.1, 0.15) is 11.6 Å². The van der Waals surface area contributed by atoms with Crippen LogP contribution < -0.4 is 0 Å². The SMILES string of the molecule is CC.Cc1ccc(-c2cc(F)cc(F)c2)cc1C. The van der Waals surface area contributed by atoms with Crippen molar-refractivity contribution in [2.24, 2.45) is 0 Å². The summed E-state index contributed by atoms with van der Waals surface area (Å²) in [4.78, 5) is 0. The largest absolute Gasteiger partial charge is 0.207 e. The highest BCUT2D eigenvalue weighted by atomic mass is 19.1.